The predicted octanol–water partition coefficient (Wildman–Crippen LogP) is 0.911. The maximum Gasteiger partial charge on any atom is 0.330 e. The van der Waals surface area contributed by atoms with Gasteiger partial charge in [0.05, 0.1) is 23.6 Å². The standard InChI is InChI=1S/C15H20N4O2/c1-4-21-15(20)14-9-17-5-6-19(14)13-7-10(2)18-11(3)12(13)8-16/h7,14,17H,4-6,9H2,1-3H3. The Balaban J connectivity index is 2.42. The molecule has 21 heavy (non-hydrogen) atoms. The van der Waals surface area contributed by atoms with Gasteiger partial charge in [0, 0.05) is 25.3 Å². The van der Waals surface area contributed by atoms with E-state index in [-0.39, 0.29) is 5.97 Å². The molecule has 6 heteroatoms. The summed E-state index contributed by atoms with van der Waals surface area (Å²) in [6.45, 7) is 7.78. The van der Waals surface area contributed by atoms with Gasteiger partial charge in [-0.1, -0.05) is 0 Å². The highest BCUT2D eigenvalue weighted by Gasteiger charge is 2.31. The molecule has 1 aliphatic rings. The summed E-state index contributed by atoms with van der Waals surface area (Å²) in [6.07, 6.45) is 0. The van der Waals surface area contributed by atoms with Gasteiger partial charge >= 0.3 is 5.97 Å². The van der Waals surface area contributed by atoms with Crippen LogP contribution in [-0.2, 0) is 9.53 Å². The number of hydrogen-bond acceptors (Lipinski definition) is 6. The number of aromatic nitrogens is 1. The Kier molecular flexibility index (Phi) is 4.76. The molecule has 1 atom stereocenters. The van der Waals surface area contributed by atoms with Crippen molar-refractivity contribution in [2.45, 2.75) is 26.8 Å². The van der Waals surface area contributed by atoms with Crippen molar-refractivity contribution in [3.63, 3.8) is 0 Å². The summed E-state index contributed by atoms with van der Waals surface area (Å²) in [7, 11) is 0. The lowest BCUT2D eigenvalue weighted by atomic mass is 10.1. The van der Waals surface area contributed by atoms with Crippen molar-refractivity contribution < 1.29 is 9.53 Å². The zero-order valence-corrected chi connectivity index (χ0v) is 12.6. The van der Waals surface area contributed by atoms with Gasteiger partial charge in [0.1, 0.15) is 12.1 Å². The number of ether oxygens (including phenoxy) is 1. The molecular formula is C15H20N4O2. The van der Waals surface area contributed by atoms with Gasteiger partial charge in [0.15, 0.2) is 0 Å². The summed E-state index contributed by atoms with van der Waals surface area (Å²) in [5.74, 6) is -0.263. The average molecular weight is 288 g/mol. The molecule has 2 heterocycles. The second-order valence-corrected chi connectivity index (χ2v) is 5.02. The van der Waals surface area contributed by atoms with E-state index in [1.807, 2.05) is 24.8 Å². The first-order chi connectivity index (χ1) is 10.1. The number of carbonyl (C=O) groups is 1. The van der Waals surface area contributed by atoms with Gasteiger partial charge in [-0.25, -0.2) is 4.79 Å². The van der Waals surface area contributed by atoms with E-state index in [2.05, 4.69) is 16.4 Å². The summed E-state index contributed by atoms with van der Waals surface area (Å²) < 4.78 is 5.15. The first-order valence-corrected chi connectivity index (χ1v) is 7.10. The minimum absolute atomic E-state index is 0.263. The fraction of sp³-hybridized carbons (Fsp3) is 0.533. The van der Waals surface area contributed by atoms with Gasteiger partial charge in [-0.2, -0.15) is 5.26 Å². The van der Waals surface area contributed by atoms with Crippen LogP contribution in [0.3, 0.4) is 0 Å². The fourth-order valence-electron chi connectivity index (χ4n) is 2.61. The normalized spacial score (nSPS) is 18.2. The fourth-order valence-corrected chi connectivity index (χ4v) is 2.61. The van der Waals surface area contributed by atoms with Crippen LogP contribution in [0.25, 0.3) is 0 Å². The maximum absolute atomic E-state index is 12.1. The van der Waals surface area contributed by atoms with Crippen molar-refractivity contribution in [1.29, 1.82) is 5.26 Å². The van der Waals surface area contributed by atoms with Crippen molar-refractivity contribution >= 4 is 11.7 Å². The SMILES string of the molecule is CCOC(=O)C1CNCCN1c1cc(C)nc(C)c1C#N. The molecule has 1 saturated heterocycles. The van der Waals surface area contributed by atoms with Crippen LogP contribution in [0.15, 0.2) is 6.07 Å². The van der Waals surface area contributed by atoms with E-state index in [1.165, 1.54) is 0 Å². The number of anilines is 1. The first kappa shape index (κ1) is 15.3. The minimum atomic E-state index is -0.410. The highest BCUT2D eigenvalue weighted by atomic mass is 16.5. The molecule has 1 aliphatic heterocycles. The number of rotatable bonds is 3. The molecule has 0 amide bonds. The molecule has 2 rings (SSSR count). The molecular weight excluding hydrogens is 268 g/mol. The molecule has 0 radical (unpaired) electrons. The Labute approximate surface area is 124 Å². The second kappa shape index (κ2) is 6.55. The van der Waals surface area contributed by atoms with E-state index < -0.39 is 6.04 Å². The number of carbonyl (C=O) groups excluding carboxylic acids is 1. The summed E-state index contributed by atoms with van der Waals surface area (Å²) in [5.41, 5.74) is 2.81. The van der Waals surface area contributed by atoms with Gasteiger partial charge in [0.25, 0.3) is 0 Å². The Morgan fingerprint density at radius 2 is 2.38 bits per heavy atom. The monoisotopic (exact) mass is 288 g/mol. The third-order valence-electron chi connectivity index (χ3n) is 3.53. The smallest absolute Gasteiger partial charge is 0.330 e. The molecule has 1 unspecified atom stereocenters. The van der Waals surface area contributed by atoms with Crippen molar-refractivity contribution in [2.75, 3.05) is 31.1 Å². The summed E-state index contributed by atoms with van der Waals surface area (Å²) in [6, 6.07) is 3.66. The molecule has 0 bridgehead atoms. The molecule has 0 saturated carbocycles. The number of aryl methyl sites for hydroxylation is 2. The van der Waals surface area contributed by atoms with E-state index in [4.69, 9.17) is 4.74 Å². The molecule has 1 fully saturated rings. The molecule has 0 spiro atoms. The molecule has 1 aromatic rings. The van der Waals surface area contributed by atoms with Gasteiger partial charge in [-0.15, -0.1) is 0 Å². The summed E-state index contributed by atoms with van der Waals surface area (Å²) in [5, 5.41) is 12.6. The highest BCUT2D eigenvalue weighted by molar-refractivity contribution is 5.82. The Bertz CT molecular complexity index is 580. The van der Waals surface area contributed by atoms with Crippen LogP contribution in [-0.4, -0.2) is 43.2 Å². The maximum atomic E-state index is 12.1. The van der Waals surface area contributed by atoms with Crippen LogP contribution < -0.4 is 10.2 Å². The van der Waals surface area contributed by atoms with Crippen LogP contribution >= 0.6 is 0 Å². The Morgan fingerprint density at radius 1 is 1.62 bits per heavy atom. The van der Waals surface area contributed by atoms with Crippen molar-refractivity contribution in [1.82, 2.24) is 10.3 Å². The molecule has 0 aromatic carbocycles. The van der Waals surface area contributed by atoms with Gasteiger partial charge in [-0.3, -0.25) is 4.98 Å². The lowest BCUT2D eigenvalue weighted by Crippen LogP contribution is -2.56. The molecule has 1 N–H and O–H groups in total. The van der Waals surface area contributed by atoms with Crippen molar-refractivity contribution in [2.24, 2.45) is 0 Å². The Morgan fingerprint density at radius 3 is 3.05 bits per heavy atom. The zero-order chi connectivity index (χ0) is 15.4. The third kappa shape index (κ3) is 3.14. The van der Waals surface area contributed by atoms with Crippen LogP contribution in [0.4, 0.5) is 5.69 Å². The lowest BCUT2D eigenvalue weighted by molar-refractivity contribution is -0.144. The number of nitrogens with one attached hydrogen (secondary N) is 1. The van der Waals surface area contributed by atoms with Crippen LogP contribution in [0.1, 0.15) is 23.9 Å². The van der Waals surface area contributed by atoms with E-state index in [9.17, 15) is 10.1 Å². The molecule has 1 aromatic heterocycles. The van der Waals surface area contributed by atoms with Crippen LogP contribution in [0, 0.1) is 25.2 Å². The zero-order valence-electron chi connectivity index (χ0n) is 12.6. The minimum Gasteiger partial charge on any atom is -0.464 e. The van der Waals surface area contributed by atoms with E-state index >= 15 is 0 Å². The van der Waals surface area contributed by atoms with E-state index in [0.29, 0.717) is 31.0 Å². The molecule has 6 nitrogen and oxygen atoms in total. The first-order valence-electron chi connectivity index (χ1n) is 7.10. The van der Waals surface area contributed by atoms with Gasteiger partial charge in [0.2, 0.25) is 0 Å². The van der Waals surface area contributed by atoms with Crippen molar-refractivity contribution in [3.05, 3.63) is 23.0 Å². The highest BCUT2D eigenvalue weighted by Crippen LogP contribution is 2.26. The van der Waals surface area contributed by atoms with E-state index in [0.717, 1.165) is 17.9 Å². The molecule has 0 aliphatic carbocycles. The third-order valence-corrected chi connectivity index (χ3v) is 3.53. The number of piperazine rings is 1. The summed E-state index contributed by atoms with van der Waals surface area (Å²) in [4.78, 5) is 18.4. The van der Waals surface area contributed by atoms with Gasteiger partial charge < -0.3 is 15.0 Å². The topological polar surface area (TPSA) is 78.2 Å². The Hall–Kier alpha value is -2.13. The number of pyridine rings is 1. The molecule has 112 valence electrons. The second-order valence-electron chi connectivity index (χ2n) is 5.02. The predicted molar refractivity (Wildman–Crippen MR) is 79.1 cm³/mol. The van der Waals surface area contributed by atoms with Gasteiger partial charge in [-0.05, 0) is 26.8 Å². The number of hydrogen-bond donors (Lipinski definition) is 1. The number of nitriles is 1. The van der Waals surface area contributed by atoms with E-state index in [1.54, 1.807) is 6.92 Å². The average Bonchev–Trinajstić information content (AvgIpc) is 2.47. The number of nitrogens with zero attached hydrogens (tertiary/aromatic N) is 3. The summed E-state index contributed by atoms with van der Waals surface area (Å²) >= 11 is 0. The van der Waals surface area contributed by atoms with Crippen LogP contribution in [0.2, 0.25) is 0 Å². The quantitative estimate of drug-likeness (QED) is 0.833. The number of esters is 1. The largest absolute Gasteiger partial charge is 0.464 e. The van der Waals surface area contributed by atoms with Crippen molar-refractivity contribution in [3.8, 4) is 6.07 Å². The van der Waals surface area contributed by atoms with Crippen LogP contribution in [0.5, 0.6) is 0 Å². The lowest BCUT2D eigenvalue weighted by Gasteiger charge is -2.37.